The molecule has 0 N–H and O–H groups in total. The van der Waals surface area contributed by atoms with Crippen molar-refractivity contribution in [3.8, 4) is 0 Å². The summed E-state index contributed by atoms with van der Waals surface area (Å²) in [6, 6.07) is 0. The van der Waals surface area contributed by atoms with Gasteiger partial charge in [-0.3, -0.25) is 0 Å². The quantitative estimate of drug-likeness (QED) is 0.475. The van der Waals surface area contributed by atoms with Gasteiger partial charge in [-0.2, -0.15) is 0 Å². The molecule has 1 aliphatic carbocycles. The van der Waals surface area contributed by atoms with E-state index in [-0.39, 0.29) is 0 Å². The van der Waals surface area contributed by atoms with Crippen LogP contribution in [0.2, 0.25) is 0 Å². The summed E-state index contributed by atoms with van der Waals surface area (Å²) in [7, 11) is 0. The van der Waals surface area contributed by atoms with Gasteiger partial charge in [0.25, 0.3) is 0 Å². The van der Waals surface area contributed by atoms with Gasteiger partial charge in [0.05, 0.1) is 0 Å². The summed E-state index contributed by atoms with van der Waals surface area (Å²) in [5, 5.41) is 0. The van der Waals surface area contributed by atoms with Crippen molar-refractivity contribution in [3.63, 3.8) is 0 Å². The first-order valence-corrected chi connectivity index (χ1v) is 3.65. The highest BCUT2D eigenvalue weighted by molar-refractivity contribution is 5.16. The van der Waals surface area contributed by atoms with E-state index in [0.717, 1.165) is 12.8 Å². The van der Waals surface area contributed by atoms with Crippen molar-refractivity contribution >= 4 is 0 Å². The summed E-state index contributed by atoms with van der Waals surface area (Å²) in [6.45, 7) is 0. The summed E-state index contributed by atoms with van der Waals surface area (Å²) in [5.74, 6) is 0. The van der Waals surface area contributed by atoms with Crippen LogP contribution in [-0.2, 0) is 0 Å². The van der Waals surface area contributed by atoms with Crippen LogP contribution in [0.25, 0.3) is 0 Å². The molecule has 0 heteroatoms. The molecule has 0 heterocycles. The predicted octanol–water partition coefficient (Wildman–Crippen LogP) is 3.01. The van der Waals surface area contributed by atoms with E-state index in [2.05, 4.69) is 36.5 Å². The van der Waals surface area contributed by atoms with Gasteiger partial charge in [0.2, 0.25) is 0 Å². The van der Waals surface area contributed by atoms with Crippen LogP contribution in [0, 0.1) is 0 Å². The van der Waals surface area contributed by atoms with Crippen molar-refractivity contribution in [3.05, 3.63) is 48.6 Å². The molecule has 0 saturated carbocycles. The summed E-state index contributed by atoms with van der Waals surface area (Å²) >= 11 is 0. The van der Waals surface area contributed by atoms with Crippen LogP contribution in [0.15, 0.2) is 48.6 Å². The molecule has 1 aliphatic rings. The molecule has 52 valence electrons. The Morgan fingerprint density at radius 3 is 1.40 bits per heavy atom. The monoisotopic (exact) mass is 132 g/mol. The largest absolute Gasteiger partial charge is 0.0842 e. The second-order valence-electron chi connectivity index (χ2n) is 2.20. The lowest BCUT2D eigenvalue weighted by Gasteiger charge is -1.85. The van der Waals surface area contributed by atoms with Gasteiger partial charge in [0, 0.05) is 0 Å². The lowest BCUT2D eigenvalue weighted by Crippen LogP contribution is -1.64. The predicted molar refractivity (Wildman–Crippen MR) is 45.8 cm³/mol. The molecule has 0 atom stereocenters. The Morgan fingerprint density at radius 1 is 0.500 bits per heavy atom. The normalized spacial score (nSPS) is 27.2. The fourth-order valence-electron chi connectivity index (χ4n) is 0.799. The lowest BCUT2D eigenvalue weighted by molar-refractivity contribution is 1.05. The number of hydrogen-bond acceptors (Lipinski definition) is 0. The van der Waals surface area contributed by atoms with E-state index in [0.29, 0.717) is 0 Å². The molecule has 0 radical (unpaired) electrons. The fraction of sp³-hybridized carbons (Fsp3) is 0.200. The second kappa shape index (κ2) is 4.80. The first-order chi connectivity index (χ1) is 5.00. The molecule has 0 aromatic heterocycles. The van der Waals surface area contributed by atoms with Crippen molar-refractivity contribution in [2.24, 2.45) is 0 Å². The average Bonchev–Trinajstić information content (AvgIpc) is 2.01. The zero-order chi connectivity index (χ0) is 7.07. The Kier molecular flexibility index (Phi) is 3.40. The molecule has 0 aromatic carbocycles. The van der Waals surface area contributed by atoms with Gasteiger partial charge in [0.1, 0.15) is 0 Å². The summed E-state index contributed by atoms with van der Waals surface area (Å²) < 4.78 is 0. The van der Waals surface area contributed by atoms with E-state index in [9.17, 15) is 0 Å². The molecule has 1 rings (SSSR count). The zero-order valence-corrected chi connectivity index (χ0v) is 6.03. The molecule has 10 heavy (non-hydrogen) atoms. The van der Waals surface area contributed by atoms with Crippen LogP contribution in [0.3, 0.4) is 0 Å². The molecule has 0 spiro atoms. The maximum absolute atomic E-state index is 2.18. The van der Waals surface area contributed by atoms with Crippen molar-refractivity contribution in [2.45, 2.75) is 12.8 Å². The number of rotatable bonds is 0. The van der Waals surface area contributed by atoms with E-state index < -0.39 is 0 Å². The van der Waals surface area contributed by atoms with E-state index in [4.69, 9.17) is 0 Å². The first kappa shape index (κ1) is 7.07. The van der Waals surface area contributed by atoms with Gasteiger partial charge >= 0.3 is 0 Å². The zero-order valence-electron chi connectivity index (χ0n) is 6.03. The summed E-state index contributed by atoms with van der Waals surface area (Å²) in [4.78, 5) is 0. The van der Waals surface area contributed by atoms with E-state index in [1.54, 1.807) is 0 Å². The highest BCUT2D eigenvalue weighted by Crippen LogP contribution is 1.95. The van der Waals surface area contributed by atoms with E-state index in [1.165, 1.54) is 0 Å². The number of hydrogen-bond donors (Lipinski definition) is 0. The van der Waals surface area contributed by atoms with Gasteiger partial charge in [-0.25, -0.2) is 0 Å². The standard InChI is InChI=1S/C10H12/c1-2-4-6-8-10-9-7-5-3-1/h1-8H,9-10H2/b3-1-,4-2-,7-5-,8-6?. The van der Waals surface area contributed by atoms with Gasteiger partial charge in [0.15, 0.2) is 0 Å². The van der Waals surface area contributed by atoms with Crippen molar-refractivity contribution < 1.29 is 0 Å². The van der Waals surface area contributed by atoms with Crippen LogP contribution >= 0.6 is 0 Å². The van der Waals surface area contributed by atoms with Crippen molar-refractivity contribution in [1.29, 1.82) is 0 Å². The van der Waals surface area contributed by atoms with Gasteiger partial charge < -0.3 is 0 Å². The third-order valence-electron chi connectivity index (χ3n) is 1.33. The lowest BCUT2D eigenvalue weighted by atomic mass is 10.2. The third-order valence-corrected chi connectivity index (χ3v) is 1.33. The first-order valence-electron chi connectivity index (χ1n) is 3.65. The molecule has 0 bridgehead atoms. The maximum atomic E-state index is 2.18. The smallest absolute Gasteiger partial charge is 0.0313 e. The molecule has 0 aromatic rings. The minimum atomic E-state index is 1.15. The van der Waals surface area contributed by atoms with Crippen molar-refractivity contribution in [2.75, 3.05) is 0 Å². The Bertz CT molecular complexity index is 158. The molecule has 0 saturated heterocycles. The molecule has 0 amide bonds. The average molecular weight is 132 g/mol. The Balaban J connectivity index is 2.53. The second-order valence-corrected chi connectivity index (χ2v) is 2.20. The highest BCUT2D eigenvalue weighted by Gasteiger charge is 1.74. The van der Waals surface area contributed by atoms with E-state index >= 15 is 0 Å². The summed E-state index contributed by atoms with van der Waals surface area (Å²) in [5.41, 5.74) is 0. The van der Waals surface area contributed by atoms with E-state index in [1.807, 2.05) is 12.2 Å². The Hall–Kier alpha value is -1.04. The van der Waals surface area contributed by atoms with Crippen LogP contribution < -0.4 is 0 Å². The highest BCUT2D eigenvalue weighted by atomic mass is 13.8. The maximum Gasteiger partial charge on any atom is -0.0313 e. The fourth-order valence-corrected chi connectivity index (χ4v) is 0.799. The topological polar surface area (TPSA) is 0 Å². The molecule has 0 fully saturated rings. The Morgan fingerprint density at radius 2 is 0.900 bits per heavy atom. The molecular formula is C10H12. The van der Waals surface area contributed by atoms with Crippen LogP contribution in [0.1, 0.15) is 12.8 Å². The van der Waals surface area contributed by atoms with Crippen molar-refractivity contribution in [1.82, 2.24) is 0 Å². The minimum absolute atomic E-state index is 1.15. The Labute approximate surface area is 62.3 Å². The summed E-state index contributed by atoms with van der Waals surface area (Å²) in [6.07, 6.45) is 19.0. The molecular weight excluding hydrogens is 120 g/mol. The van der Waals surface area contributed by atoms with Crippen LogP contribution in [0.5, 0.6) is 0 Å². The molecule has 0 unspecified atom stereocenters. The molecule has 0 nitrogen and oxygen atoms in total. The van der Waals surface area contributed by atoms with Gasteiger partial charge in [-0.1, -0.05) is 48.6 Å². The SMILES string of the molecule is C1=CCC\C=C/C=C\C=C/1. The third kappa shape index (κ3) is 3.08. The van der Waals surface area contributed by atoms with Crippen LogP contribution in [-0.4, -0.2) is 0 Å². The van der Waals surface area contributed by atoms with Gasteiger partial charge in [-0.15, -0.1) is 0 Å². The minimum Gasteiger partial charge on any atom is -0.0842 e. The van der Waals surface area contributed by atoms with Gasteiger partial charge in [-0.05, 0) is 12.8 Å². The van der Waals surface area contributed by atoms with Crippen LogP contribution in [0.4, 0.5) is 0 Å². The molecule has 0 aliphatic heterocycles. The number of allylic oxidation sites excluding steroid dienone is 8.